The van der Waals surface area contributed by atoms with Crippen molar-refractivity contribution in [2.75, 3.05) is 18.1 Å². The number of nitrogens with two attached hydrogens (primary N) is 2. The van der Waals surface area contributed by atoms with Gasteiger partial charge in [-0.1, -0.05) is 77.0 Å². The van der Waals surface area contributed by atoms with E-state index in [-0.39, 0.29) is 112 Å². The average Bonchev–Trinajstić information content (AvgIpc) is 0.889. The number of hydrogen-bond donors (Lipinski definition) is 3. The van der Waals surface area contributed by atoms with Crippen LogP contribution in [-0.4, -0.2) is 101 Å². The highest BCUT2D eigenvalue weighted by atomic mass is 36.0. The van der Waals surface area contributed by atoms with Crippen LogP contribution in [0.1, 0.15) is 19.9 Å². The molecule has 1 aliphatic heterocycles. The minimum Gasteiger partial charge on any atom is -0.460 e. The van der Waals surface area contributed by atoms with E-state index in [9.17, 15) is 63.3 Å². The van der Waals surface area contributed by atoms with E-state index in [2.05, 4.69) is 113 Å². The third-order valence-electron chi connectivity index (χ3n) is 13.6. The number of esters is 1. The third kappa shape index (κ3) is 33.6. The van der Waals surface area contributed by atoms with Crippen molar-refractivity contribution in [2.45, 2.75) is 20.8 Å². The number of rotatable bonds is 2. The lowest BCUT2D eigenvalue weighted by Crippen LogP contribution is -2.08. The van der Waals surface area contributed by atoms with Crippen LogP contribution in [0.25, 0.3) is 77.2 Å². The highest BCUT2D eigenvalue weighted by Crippen LogP contribution is 2.61. The maximum atomic E-state index is 12.7. The fourth-order valence-electron chi connectivity index (χ4n) is 8.70. The predicted octanol–water partition coefficient (Wildman–Crippen LogP) is 21.4. The molecule has 23 nitrogen and oxygen atoms in total. The minimum atomic E-state index is -3.22. The van der Waals surface area contributed by atoms with Crippen LogP contribution in [0, 0.1) is 52.4 Å². The molecule has 608 valence electrons. The van der Waals surface area contributed by atoms with E-state index in [0.717, 1.165) is 6.20 Å². The molecule has 0 atom stereocenters. The maximum absolute atomic E-state index is 12.7. The molecule has 9 aromatic carbocycles. The van der Waals surface area contributed by atoms with Gasteiger partial charge < -0.3 is 21.2 Å². The molecule has 0 radical (unpaired) electrons. The van der Waals surface area contributed by atoms with E-state index in [1.165, 1.54) is 165 Å². The molecule has 5 N–H and O–H groups in total. The van der Waals surface area contributed by atoms with Crippen molar-refractivity contribution in [3.8, 4) is 0 Å². The van der Waals surface area contributed by atoms with Crippen LogP contribution in [0.5, 0.6) is 0 Å². The monoisotopic (exact) mass is 1820 g/mol. The van der Waals surface area contributed by atoms with E-state index >= 15 is 0 Å². The number of carbonyl (C=O) groups is 3. The Labute approximate surface area is 705 Å². The summed E-state index contributed by atoms with van der Waals surface area (Å²) in [6, 6.07) is 37.4. The summed E-state index contributed by atoms with van der Waals surface area (Å²) in [6.45, 7) is 1.90. The molecular weight excluding hydrogens is 1770 g/mol. The summed E-state index contributed by atoms with van der Waals surface area (Å²) in [4.78, 5) is 98.2. The Kier molecular flexibility index (Phi) is 38.0. The van der Waals surface area contributed by atoms with Crippen LogP contribution in [0.3, 0.4) is 0 Å². The second kappa shape index (κ2) is 47.0. The predicted molar refractivity (Wildman–Crippen MR) is 442 cm³/mol. The first-order valence-electron chi connectivity index (χ1n) is 32.1. The normalized spacial score (nSPS) is 10.6. The van der Waals surface area contributed by atoms with Crippen LogP contribution in [-0.2, 0) is 30.1 Å². The third-order valence-corrected chi connectivity index (χ3v) is 14.7. The number of anilines is 2. The number of halogens is 18. The van der Waals surface area contributed by atoms with Crippen molar-refractivity contribution in [3.63, 3.8) is 0 Å². The second-order valence-corrected chi connectivity index (χ2v) is 31.0. The zero-order valence-electron chi connectivity index (χ0n) is 58.8. The number of H-pyrrole nitrogens is 1. The fourth-order valence-corrected chi connectivity index (χ4v) is 9.54. The van der Waals surface area contributed by atoms with Gasteiger partial charge in [-0.3, -0.25) is 53.8 Å². The van der Waals surface area contributed by atoms with E-state index < -0.39 is 11.2 Å². The first-order valence-corrected chi connectivity index (χ1v) is 38.8. The zero-order valence-corrected chi connectivity index (χ0v) is 66.5. The van der Waals surface area contributed by atoms with Crippen molar-refractivity contribution in [3.05, 3.63) is 306 Å². The number of Topliss-reactive ketones (excluding diaryl/α,β-unsaturated/α-hetero) is 1. The van der Waals surface area contributed by atoms with Gasteiger partial charge >= 0.3 is 11.2 Å². The van der Waals surface area contributed by atoms with Crippen molar-refractivity contribution in [2.24, 2.45) is 4.99 Å². The van der Waals surface area contributed by atoms with Gasteiger partial charge in [-0.05, 0) is 168 Å². The number of hydrogen-bond acceptors (Lipinski definition) is 22. The molecule has 118 heavy (non-hydrogen) atoms. The van der Waals surface area contributed by atoms with Crippen LogP contribution in [0.2, 0.25) is 30.9 Å². The highest BCUT2D eigenvalue weighted by molar-refractivity contribution is 8.24. The van der Waals surface area contributed by atoms with Gasteiger partial charge in [0.05, 0.1) is 150 Å². The molecule has 0 aliphatic carbocycles. The number of nitrogen functional groups attached to an aromatic ring is 2. The molecule has 17 rings (SSSR count). The van der Waals surface area contributed by atoms with Crippen molar-refractivity contribution < 1.29 is 63.2 Å². The molecule has 1 aliphatic rings. The first-order chi connectivity index (χ1) is 55.5. The molecular formula is C76H52Cl9F9N17O6P. The summed E-state index contributed by atoms with van der Waals surface area (Å²) in [5.74, 6) is -3.88. The van der Waals surface area contributed by atoms with E-state index in [1.54, 1.807) is 49.4 Å². The lowest BCUT2D eigenvalue weighted by molar-refractivity contribution is -0.148. The Hall–Kier alpha value is -11.6. The summed E-state index contributed by atoms with van der Waals surface area (Å²) >= 11 is 47.3. The molecule has 16 aromatic rings. The number of aromatic amines is 1. The van der Waals surface area contributed by atoms with Crippen molar-refractivity contribution in [1.82, 2.24) is 69.8 Å². The SMILES string of the molecule is C.CCOC(=O)C=O.Fc1ccc2nc(Cl)cnc2c1.Fc1ccc2nc(Cl)cnc2c1.Fc1ccc2nc(Cl)cnc2c1.Fc1ccc2ncc(Cl)nc2c1.Fc1ccc2ncc(Cl)nc2c1.Fc1ccc2ncc(Cl)nc2c1.Nc1ccc(F)cc1N.O=C1C=Nc2ccc(F)cc2C1.O=P(Cl)(Cl)Cl.O=c1cnc2cc(F)ccc2[nH]1. The van der Waals surface area contributed by atoms with Gasteiger partial charge in [0.15, 0.2) is 5.78 Å². The zero-order chi connectivity index (χ0) is 85.5. The van der Waals surface area contributed by atoms with Gasteiger partial charge in [0.25, 0.3) is 5.56 Å². The number of ketones is 1. The minimum absolute atomic E-state index is 0. The summed E-state index contributed by atoms with van der Waals surface area (Å²) in [5, 5.41) is -1.47. The van der Waals surface area contributed by atoms with Crippen LogP contribution < -0.4 is 17.0 Å². The van der Waals surface area contributed by atoms with Crippen molar-refractivity contribution >= 4 is 227 Å². The molecule has 0 fully saturated rings. The summed E-state index contributed by atoms with van der Waals surface area (Å²) in [5.41, 5.74) is 20.0. The van der Waals surface area contributed by atoms with E-state index in [1.807, 2.05) is 0 Å². The molecule has 0 saturated carbocycles. The van der Waals surface area contributed by atoms with Gasteiger partial charge in [-0.25, -0.2) is 79.2 Å². The summed E-state index contributed by atoms with van der Waals surface area (Å²) in [6.07, 6.45) is 11.3. The molecule has 0 bridgehead atoms. The van der Waals surface area contributed by atoms with Gasteiger partial charge in [-0.15, -0.1) is 0 Å². The molecule has 42 heteroatoms. The molecule has 0 spiro atoms. The molecule has 0 amide bonds. The number of nitrogens with zero attached hydrogens (tertiary/aromatic N) is 14. The Morgan fingerprint density at radius 1 is 0.407 bits per heavy atom. The lowest BCUT2D eigenvalue weighted by Gasteiger charge is -2.07. The van der Waals surface area contributed by atoms with E-state index in [0.29, 0.717) is 110 Å². The summed E-state index contributed by atoms with van der Waals surface area (Å²) in [7, 11) is 0. The lowest BCUT2D eigenvalue weighted by atomic mass is 10.0. The number of fused-ring (bicyclic) bond motifs is 8. The number of aldehydes is 1. The van der Waals surface area contributed by atoms with Crippen LogP contribution in [0.4, 0.5) is 56.6 Å². The van der Waals surface area contributed by atoms with E-state index in [4.69, 9.17) is 81.1 Å². The maximum Gasteiger partial charge on any atom is 0.371 e. The van der Waals surface area contributed by atoms with Crippen molar-refractivity contribution in [1.29, 1.82) is 0 Å². The van der Waals surface area contributed by atoms with Gasteiger partial charge in [0, 0.05) is 48.9 Å². The number of carbonyl (C=O) groups excluding carboxylic acids is 3. The molecule has 0 unspecified atom stereocenters. The largest absolute Gasteiger partial charge is 0.460 e. The fraction of sp³-hybridized carbons (Fsp3) is 0.0526. The second-order valence-electron chi connectivity index (χ2n) is 22.1. The smallest absolute Gasteiger partial charge is 0.371 e. The van der Waals surface area contributed by atoms with Gasteiger partial charge in [0.2, 0.25) is 6.29 Å². The first kappa shape index (κ1) is 95.3. The van der Waals surface area contributed by atoms with Crippen LogP contribution >= 0.6 is 109 Å². The standard InChI is InChI=1S/C9H6FNO.6C8H4ClFN2.C8H5FN2O.C6H7FN2.C4H6O3.CH4.Cl3OP/c10-7-1-2-9-6(3-7)4-8(12)5-11-9;3*9-8-4-11-7-3-5(10)1-2-6(7)12-8;3*9-8-4-11-6-2-1-5(10)3-7(6)12-8;9-5-1-2-6-7(3-5)10-4-8(12)11-6;7-4-1-2-5(8)6(9)3-4;1-2-7-4(6)3-5;;1-5(2,3)4/h1-3,5H,4H2;6*1-4H;1-4H,(H,11,12);1-3H,8-9H2;3H,2H2,1H3;1H4;. The number of nitrogens with one attached hydrogen (secondary N) is 1. The van der Waals surface area contributed by atoms with Crippen LogP contribution in [0.15, 0.2) is 217 Å². The number of aliphatic imine (C=N–C) groups is 1. The molecule has 7 aromatic heterocycles. The Balaban J connectivity index is 0.000000203. The van der Waals surface area contributed by atoms with Gasteiger partial charge in [0.1, 0.15) is 83.3 Å². The number of aromatic nitrogens is 14. The number of ether oxygens (including phenoxy) is 1. The average molecular weight is 1820 g/mol. The van der Waals surface area contributed by atoms with Gasteiger partial charge in [-0.2, -0.15) is 0 Å². The Bertz CT molecular complexity index is 5720. The molecule has 0 saturated heterocycles. The quantitative estimate of drug-likeness (QED) is 0.0361. The number of benzene rings is 9. The topological polar surface area (TPSA) is 342 Å². The highest BCUT2D eigenvalue weighted by Gasteiger charge is 2.12. The molecule has 8 heterocycles. The Morgan fingerprint density at radius 3 is 1.03 bits per heavy atom. The Morgan fingerprint density at radius 2 is 0.695 bits per heavy atom. The summed E-state index contributed by atoms with van der Waals surface area (Å²) < 4.78 is 127.